The summed E-state index contributed by atoms with van der Waals surface area (Å²) < 4.78 is 6.92. The van der Waals surface area contributed by atoms with Crippen molar-refractivity contribution >= 4 is 16.3 Å². The third-order valence-corrected chi connectivity index (χ3v) is 6.60. The van der Waals surface area contributed by atoms with Crippen molar-refractivity contribution in [3.63, 3.8) is 0 Å². The van der Waals surface area contributed by atoms with Gasteiger partial charge in [0.05, 0.1) is 17.2 Å². The second-order valence-electron chi connectivity index (χ2n) is 7.18. The van der Waals surface area contributed by atoms with Crippen LogP contribution in [0.15, 0.2) is 53.1 Å². The lowest BCUT2D eigenvalue weighted by molar-refractivity contribution is 0.113. The van der Waals surface area contributed by atoms with Gasteiger partial charge in [0.2, 0.25) is 16.7 Å². The Morgan fingerprint density at radius 2 is 1.90 bits per heavy atom. The summed E-state index contributed by atoms with van der Waals surface area (Å²) in [5, 5.41) is 15.5. The van der Waals surface area contributed by atoms with Crippen LogP contribution in [0.4, 0.5) is 0 Å². The van der Waals surface area contributed by atoms with Crippen LogP contribution < -0.4 is 0 Å². The predicted molar refractivity (Wildman–Crippen MR) is 112 cm³/mol. The lowest BCUT2D eigenvalue weighted by Crippen LogP contribution is -2.47. The second-order valence-corrected chi connectivity index (χ2v) is 8.19. The summed E-state index contributed by atoms with van der Waals surface area (Å²) in [5.74, 6) is 1.23. The number of aromatic hydroxyl groups is 1. The highest BCUT2D eigenvalue weighted by Crippen LogP contribution is 2.40. The van der Waals surface area contributed by atoms with Gasteiger partial charge in [-0.2, -0.15) is 9.50 Å². The van der Waals surface area contributed by atoms with Crippen LogP contribution in [-0.2, 0) is 0 Å². The number of benzene rings is 1. The summed E-state index contributed by atoms with van der Waals surface area (Å²) in [5.41, 5.74) is 1.17. The summed E-state index contributed by atoms with van der Waals surface area (Å²) in [6.07, 6.45) is 1.59. The van der Waals surface area contributed by atoms with E-state index in [1.807, 2.05) is 24.3 Å². The first-order valence-corrected chi connectivity index (χ1v) is 10.7. The van der Waals surface area contributed by atoms with Gasteiger partial charge >= 0.3 is 0 Å². The fourth-order valence-electron chi connectivity index (χ4n) is 3.94. The third kappa shape index (κ3) is 3.33. The molecule has 1 atom stereocenters. The number of furan rings is 1. The topological polar surface area (TPSA) is 70.0 Å². The molecule has 0 amide bonds. The van der Waals surface area contributed by atoms with Gasteiger partial charge in [-0.05, 0) is 24.2 Å². The Kier molecular flexibility index (Phi) is 4.83. The molecule has 1 fully saturated rings. The first-order valence-electron chi connectivity index (χ1n) is 9.88. The molecule has 4 heterocycles. The van der Waals surface area contributed by atoms with E-state index in [-0.39, 0.29) is 11.9 Å². The Morgan fingerprint density at radius 3 is 2.55 bits per heavy atom. The average molecular weight is 410 g/mol. The van der Waals surface area contributed by atoms with E-state index in [2.05, 4.69) is 38.9 Å². The number of fused-ring (bicyclic) bond motifs is 1. The van der Waals surface area contributed by atoms with Crippen molar-refractivity contribution in [3.05, 3.63) is 59.2 Å². The van der Waals surface area contributed by atoms with Gasteiger partial charge < -0.3 is 14.4 Å². The van der Waals surface area contributed by atoms with Crippen LogP contribution in [-0.4, -0.2) is 62.2 Å². The second kappa shape index (κ2) is 7.62. The molecule has 150 valence electrons. The zero-order valence-electron chi connectivity index (χ0n) is 16.2. The number of nitrogens with zero attached hydrogens (tertiary/aromatic N) is 5. The molecule has 0 bridgehead atoms. The molecule has 1 N–H and O–H groups in total. The standard InChI is InChI=1S/C21H23N5O2S/c1-2-24-10-12-25(13-11-24)17(15-7-4-3-5-8-15)18-20(27)26-21(29-18)22-19(23-26)16-9-6-14-28-16/h3-9,14,17,27H,2,10-13H2,1H3/t17-/m1/s1. The SMILES string of the molecule is CCN1CCN([C@H](c2ccccc2)c2sc3nc(-c4ccco4)nn3c2O)CC1. The molecule has 8 heteroatoms. The summed E-state index contributed by atoms with van der Waals surface area (Å²) in [6.45, 7) is 7.25. The van der Waals surface area contributed by atoms with Gasteiger partial charge in [0.25, 0.3) is 0 Å². The summed E-state index contributed by atoms with van der Waals surface area (Å²) >= 11 is 1.49. The molecule has 5 rings (SSSR count). The lowest BCUT2D eigenvalue weighted by atomic mass is 10.0. The Labute approximate surface area is 172 Å². The van der Waals surface area contributed by atoms with Gasteiger partial charge in [-0.25, -0.2) is 0 Å². The fourth-order valence-corrected chi connectivity index (χ4v) is 5.06. The van der Waals surface area contributed by atoms with Crippen LogP contribution in [0, 0.1) is 0 Å². The largest absolute Gasteiger partial charge is 0.492 e. The molecular formula is C21H23N5O2S. The van der Waals surface area contributed by atoms with Crippen LogP contribution in [0.3, 0.4) is 0 Å². The van der Waals surface area contributed by atoms with Crippen molar-refractivity contribution < 1.29 is 9.52 Å². The molecule has 29 heavy (non-hydrogen) atoms. The number of hydrogen-bond acceptors (Lipinski definition) is 7. The van der Waals surface area contributed by atoms with E-state index in [0.29, 0.717) is 16.5 Å². The van der Waals surface area contributed by atoms with Gasteiger partial charge in [0, 0.05) is 26.2 Å². The molecule has 0 unspecified atom stereocenters. The highest BCUT2D eigenvalue weighted by molar-refractivity contribution is 7.17. The maximum Gasteiger partial charge on any atom is 0.230 e. The molecule has 1 aromatic carbocycles. The van der Waals surface area contributed by atoms with E-state index in [9.17, 15) is 5.11 Å². The number of thiazole rings is 1. The molecule has 1 aliphatic heterocycles. The smallest absolute Gasteiger partial charge is 0.230 e. The summed E-state index contributed by atoms with van der Waals surface area (Å²) in [6, 6.07) is 14.0. The van der Waals surface area contributed by atoms with Crippen LogP contribution >= 0.6 is 11.3 Å². The first kappa shape index (κ1) is 18.4. The molecule has 1 saturated heterocycles. The highest BCUT2D eigenvalue weighted by Gasteiger charge is 2.31. The number of rotatable bonds is 5. The molecule has 7 nitrogen and oxygen atoms in total. The summed E-state index contributed by atoms with van der Waals surface area (Å²) in [7, 11) is 0. The minimum atomic E-state index is -0.0178. The molecular weight excluding hydrogens is 386 g/mol. The number of aromatic nitrogens is 3. The molecule has 0 aliphatic carbocycles. The normalized spacial score (nSPS) is 17.1. The molecule has 3 aromatic heterocycles. The maximum absolute atomic E-state index is 11.1. The van der Waals surface area contributed by atoms with Gasteiger partial charge in [-0.15, -0.1) is 5.10 Å². The minimum Gasteiger partial charge on any atom is -0.492 e. The Hall–Kier alpha value is -2.68. The molecule has 4 aromatic rings. The number of hydrogen-bond donors (Lipinski definition) is 1. The quantitative estimate of drug-likeness (QED) is 0.544. The Morgan fingerprint density at radius 1 is 1.10 bits per heavy atom. The lowest BCUT2D eigenvalue weighted by Gasteiger charge is -2.38. The first-order chi connectivity index (χ1) is 14.2. The van der Waals surface area contributed by atoms with Crippen molar-refractivity contribution in [1.82, 2.24) is 24.4 Å². The average Bonchev–Trinajstić information content (AvgIpc) is 3.49. The zero-order valence-corrected chi connectivity index (χ0v) is 17.0. The van der Waals surface area contributed by atoms with Gasteiger partial charge in [-0.1, -0.05) is 48.6 Å². The van der Waals surface area contributed by atoms with Crippen LogP contribution in [0.25, 0.3) is 16.5 Å². The van der Waals surface area contributed by atoms with Crippen LogP contribution in [0.1, 0.15) is 23.4 Å². The fraction of sp³-hybridized carbons (Fsp3) is 0.333. The van der Waals surface area contributed by atoms with Gasteiger partial charge in [-0.3, -0.25) is 4.90 Å². The van der Waals surface area contributed by atoms with Crippen molar-refractivity contribution in [2.45, 2.75) is 13.0 Å². The third-order valence-electron chi connectivity index (χ3n) is 5.52. The van der Waals surface area contributed by atoms with Crippen molar-refractivity contribution in [2.75, 3.05) is 32.7 Å². The van der Waals surface area contributed by atoms with E-state index in [1.54, 1.807) is 12.3 Å². The van der Waals surface area contributed by atoms with E-state index >= 15 is 0 Å². The van der Waals surface area contributed by atoms with Crippen molar-refractivity contribution in [2.24, 2.45) is 0 Å². The predicted octanol–water partition coefficient (Wildman–Crippen LogP) is 3.48. The van der Waals surface area contributed by atoms with Gasteiger partial charge in [0.1, 0.15) is 0 Å². The van der Waals surface area contributed by atoms with Gasteiger partial charge in [0.15, 0.2) is 5.76 Å². The van der Waals surface area contributed by atoms with E-state index in [4.69, 9.17) is 4.42 Å². The van der Waals surface area contributed by atoms with E-state index in [1.165, 1.54) is 21.4 Å². The molecule has 0 spiro atoms. The van der Waals surface area contributed by atoms with Crippen molar-refractivity contribution in [1.29, 1.82) is 0 Å². The van der Waals surface area contributed by atoms with Crippen molar-refractivity contribution in [3.8, 4) is 17.5 Å². The maximum atomic E-state index is 11.1. The zero-order chi connectivity index (χ0) is 19.8. The Bertz CT molecular complexity index is 1080. The van der Waals surface area contributed by atoms with E-state index < -0.39 is 0 Å². The number of piperazine rings is 1. The Balaban J connectivity index is 1.54. The molecule has 1 aliphatic rings. The number of likely N-dealkylation sites (N-methyl/N-ethyl adjacent to an activating group) is 1. The van der Waals surface area contributed by atoms with Crippen LogP contribution in [0.2, 0.25) is 0 Å². The summed E-state index contributed by atoms with van der Waals surface area (Å²) in [4.78, 5) is 11.0. The monoisotopic (exact) mass is 409 g/mol. The molecule has 0 saturated carbocycles. The minimum absolute atomic E-state index is 0.0178. The molecule has 0 radical (unpaired) electrons. The van der Waals surface area contributed by atoms with E-state index in [0.717, 1.165) is 37.6 Å². The highest BCUT2D eigenvalue weighted by atomic mass is 32.1. The van der Waals surface area contributed by atoms with Crippen LogP contribution in [0.5, 0.6) is 5.88 Å².